The number of rotatable bonds is 5. The number of hydrogen-bond donors (Lipinski definition) is 2. The first-order chi connectivity index (χ1) is 12.3. The Kier molecular flexibility index (Phi) is 5.76. The summed E-state index contributed by atoms with van der Waals surface area (Å²) >= 11 is 0. The Morgan fingerprint density at radius 2 is 2.00 bits per heavy atom. The molecule has 0 radical (unpaired) electrons. The first-order valence-electron chi connectivity index (χ1n) is 8.30. The van der Waals surface area contributed by atoms with Gasteiger partial charge in [-0.1, -0.05) is 6.07 Å². The zero-order valence-electron chi connectivity index (χ0n) is 15.2. The molecule has 1 heterocycles. The first-order valence-corrected chi connectivity index (χ1v) is 8.30. The molecule has 7 nitrogen and oxygen atoms in total. The number of nitriles is 2. The van der Waals surface area contributed by atoms with Crippen LogP contribution >= 0.6 is 0 Å². The van der Waals surface area contributed by atoms with Gasteiger partial charge < -0.3 is 10.4 Å². The Balaban J connectivity index is 2.61. The maximum absolute atomic E-state index is 12.6. The van der Waals surface area contributed by atoms with Crippen LogP contribution < -0.4 is 5.32 Å². The average Bonchev–Trinajstić information content (AvgIpc) is 2.99. The van der Waals surface area contributed by atoms with Crippen LogP contribution in [0.2, 0.25) is 0 Å². The largest absolute Gasteiger partial charge is 0.392 e. The van der Waals surface area contributed by atoms with Gasteiger partial charge in [-0.05, 0) is 45.4 Å². The SMILES string of the molecule is Cc1cc(-c2nn(C(C)C)c(C(=O)NC[C@@H](C)O)c2C#N)ccc1C#N. The normalized spacial score (nSPS) is 11.7. The van der Waals surface area contributed by atoms with E-state index < -0.39 is 12.0 Å². The molecule has 134 valence electrons. The highest BCUT2D eigenvalue weighted by Crippen LogP contribution is 2.28. The van der Waals surface area contributed by atoms with Gasteiger partial charge in [-0.3, -0.25) is 9.48 Å². The summed E-state index contributed by atoms with van der Waals surface area (Å²) in [6.07, 6.45) is -0.694. The van der Waals surface area contributed by atoms with E-state index in [1.807, 2.05) is 20.8 Å². The van der Waals surface area contributed by atoms with Crippen LogP contribution in [0.5, 0.6) is 0 Å². The molecule has 0 saturated heterocycles. The van der Waals surface area contributed by atoms with Gasteiger partial charge in [0.2, 0.25) is 0 Å². The van der Waals surface area contributed by atoms with Gasteiger partial charge in [-0.2, -0.15) is 15.6 Å². The fourth-order valence-electron chi connectivity index (χ4n) is 2.59. The Labute approximate surface area is 152 Å². The van der Waals surface area contributed by atoms with Crippen molar-refractivity contribution in [2.75, 3.05) is 6.54 Å². The molecule has 0 fully saturated rings. The summed E-state index contributed by atoms with van der Waals surface area (Å²) in [5, 5.41) is 35.2. The minimum Gasteiger partial charge on any atom is -0.392 e. The van der Waals surface area contributed by atoms with Gasteiger partial charge in [0.1, 0.15) is 23.0 Å². The quantitative estimate of drug-likeness (QED) is 0.857. The van der Waals surface area contributed by atoms with Crippen LogP contribution in [0.4, 0.5) is 0 Å². The summed E-state index contributed by atoms with van der Waals surface area (Å²) in [4.78, 5) is 12.6. The number of nitrogens with one attached hydrogen (secondary N) is 1. The summed E-state index contributed by atoms with van der Waals surface area (Å²) in [6, 6.07) is 9.23. The van der Waals surface area contributed by atoms with Crippen LogP contribution in [0, 0.1) is 29.6 Å². The van der Waals surface area contributed by atoms with Crippen molar-refractivity contribution in [1.82, 2.24) is 15.1 Å². The Bertz CT molecular complexity index is 913. The third kappa shape index (κ3) is 3.74. The maximum Gasteiger partial charge on any atom is 0.271 e. The Hall–Kier alpha value is -3.16. The molecule has 0 aliphatic heterocycles. The number of carbonyl (C=O) groups excluding carboxylic acids is 1. The molecular formula is C19H21N5O2. The van der Waals surface area contributed by atoms with Crippen LogP contribution in [0.25, 0.3) is 11.3 Å². The number of aryl methyl sites for hydroxylation is 1. The van der Waals surface area contributed by atoms with E-state index in [-0.39, 0.29) is 23.8 Å². The lowest BCUT2D eigenvalue weighted by Crippen LogP contribution is -2.33. The second-order valence-electron chi connectivity index (χ2n) is 6.42. The highest BCUT2D eigenvalue weighted by atomic mass is 16.3. The molecule has 1 aromatic heterocycles. The van der Waals surface area contributed by atoms with E-state index in [1.165, 1.54) is 4.68 Å². The fourth-order valence-corrected chi connectivity index (χ4v) is 2.59. The Morgan fingerprint density at radius 3 is 2.50 bits per heavy atom. The van der Waals surface area contributed by atoms with Gasteiger partial charge in [0.25, 0.3) is 5.91 Å². The molecule has 1 aromatic carbocycles. The van der Waals surface area contributed by atoms with Crippen LogP contribution in [0.1, 0.15) is 54.0 Å². The highest BCUT2D eigenvalue weighted by molar-refractivity contribution is 5.97. The minimum atomic E-state index is -0.694. The number of carbonyl (C=O) groups is 1. The number of aromatic nitrogens is 2. The van der Waals surface area contributed by atoms with Crippen molar-refractivity contribution in [2.45, 2.75) is 39.8 Å². The smallest absolute Gasteiger partial charge is 0.271 e. The molecule has 1 atom stereocenters. The molecule has 2 N–H and O–H groups in total. The van der Waals surface area contributed by atoms with Gasteiger partial charge in [0, 0.05) is 18.2 Å². The van der Waals surface area contributed by atoms with Crippen molar-refractivity contribution in [1.29, 1.82) is 10.5 Å². The number of benzene rings is 1. The third-order valence-electron chi connectivity index (χ3n) is 3.90. The standard InChI is InChI=1S/C19H21N5O2/c1-11(2)24-18(19(26)22-10-13(4)25)16(9-21)17(23-24)14-5-6-15(8-20)12(3)7-14/h5-7,11,13,25H,10H2,1-4H3,(H,22,26)/t13-/m1/s1. The van der Waals surface area contributed by atoms with Crippen LogP contribution in [-0.4, -0.2) is 33.4 Å². The average molecular weight is 351 g/mol. The second kappa shape index (κ2) is 7.81. The van der Waals surface area contributed by atoms with Crippen molar-refractivity contribution in [3.63, 3.8) is 0 Å². The molecule has 0 aliphatic carbocycles. The van der Waals surface area contributed by atoms with E-state index in [0.717, 1.165) is 5.56 Å². The predicted molar refractivity (Wildman–Crippen MR) is 96.2 cm³/mol. The second-order valence-corrected chi connectivity index (χ2v) is 6.42. The molecule has 0 saturated carbocycles. The van der Waals surface area contributed by atoms with E-state index >= 15 is 0 Å². The predicted octanol–water partition coefficient (Wildman–Crippen LogP) is 2.29. The lowest BCUT2D eigenvalue weighted by molar-refractivity contribution is 0.0911. The summed E-state index contributed by atoms with van der Waals surface area (Å²) < 4.78 is 1.51. The van der Waals surface area contributed by atoms with Crippen LogP contribution in [0.15, 0.2) is 18.2 Å². The summed E-state index contributed by atoms with van der Waals surface area (Å²) in [5.41, 5.74) is 2.72. The number of aliphatic hydroxyl groups excluding tert-OH is 1. The molecule has 0 unspecified atom stereocenters. The van der Waals surface area contributed by atoms with Gasteiger partial charge in [0.15, 0.2) is 0 Å². The lowest BCUT2D eigenvalue weighted by atomic mass is 10.0. The molecule has 2 aromatic rings. The topological polar surface area (TPSA) is 115 Å². The monoisotopic (exact) mass is 351 g/mol. The summed E-state index contributed by atoms with van der Waals surface area (Å²) in [5.74, 6) is -0.458. The zero-order chi connectivity index (χ0) is 19.4. The van der Waals surface area contributed by atoms with Crippen molar-refractivity contribution < 1.29 is 9.90 Å². The molecule has 2 rings (SSSR count). The molecule has 1 amide bonds. The summed E-state index contributed by atoms with van der Waals surface area (Å²) in [7, 11) is 0. The van der Waals surface area contributed by atoms with Gasteiger partial charge in [-0.15, -0.1) is 0 Å². The third-order valence-corrected chi connectivity index (χ3v) is 3.90. The Morgan fingerprint density at radius 1 is 1.31 bits per heavy atom. The first kappa shape index (κ1) is 19.2. The fraction of sp³-hybridized carbons (Fsp3) is 0.368. The van der Waals surface area contributed by atoms with E-state index in [2.05, 4.69) is 22.6 Å². The van der Waals surface area contributed by atoms with E-state index in [0.29, 0.717) is 16.8 Å². The number of nitrogens with zero attached hydrogens (tertiary/aromatic N) is 4. The minimum absolute atomic E-state index is 0.0816. The van der Waals surface area contributed by atoms with Crippen molar-refractivity contribution in [2.24, 2.45) is 0 Å². The van der Waals surface area contributed by atoms with E-state index in [9.17, 15) is 15.2 Å². The molecular weight excluding hydrogens is 330 g/mol. The molecule has 7 heteroatoms. The maximum atomic E-state index is 12.6. The van der Waals surface area contributed by atoms with Gasteiger partial charge in [0.05, 0.1) is 17.7 Å². The van der Waals surface area contributed by atoms with Crippen LogP contribution in [-0.2, 0) is 0 Å². The van der Waals surface area contributed by atoms with Crippen molar-refractivity contribution >= 4 is 5.91 Å². The number of hydrogen-bond acceptors (Lipinski definition) is 5. The zero-order valence-corrected chi connectivity index (χ0v) is 15.2. The van der Waals surface area contributed by atoms with Crippen LogP contribution in [0.3, 0.4) is 0 Å². The van der Waals surface area contributed by atoms with Crippen molar-refractivity contribution in [3.8, 4) is 23.4 Å². The van der Waals surface area contributed by atoms with Gasteiger partial charge >= 0.3 is 0 Å². The number of aliphatic hydroxyl groups is 1. The molecule has 26 heavy (non-hydrogen) atoms. The van der Waals surface area contributed by atoms with Crippen molar-refractivity contribution in [3.05, 3.63) is 40.6 Å². The van der Waals surface area contributed by atoms with E-state index in [1.54, 1.807) is 25.1 Å². The lowest BCUT2D eigenvalue weighted by Gasteiger charge is -2.12. The van der Waals surface area contributed by atoms with Gasteiger partial charge in [-0.25, -0.2) is 0 Å². The summed E-state index contributed by atoms with van der Waals surface area (Å²) in [6.45, 7) is 7.19. The van der Waals surface area contributed by atoms with E-state index in [4.69, 9.17) is 5.26 Å². The highest BCUT2D eigenvalue weighted by Gasteiger charge is 2.26. The molecule has 0 bridgehead atoms. The molecule has 0 aliphatic rings. The molecule has 0 spiro atoms. The number of amides is 1.